The summed E-state index contributed by atoms with van der Waals surface area (Å²) in [6.45, 7) is 3.78. The van der Waals surface area contributed by atoms with Crippen LogP contribution >= 0.6 is 31.9 Å². The summed E-state index contributed by atoms with van der Waals surface area (Å²) in [4.78, 5) is 0.218. The Morgan fingerprint density at radius 3 is 2.33 bits per heavy atom. The van der Waals surface area contributed by atoms with E-state index in [2.05, 4.69) is 31.9 Å². The molecule has 0 spiro atoms. The third kappa shape index (κ3) is 2.51. The molecular formula is C11H13Br2NO3S. The number of halogens is 2. The van der Waals surface area contributed by atoms with Crippen LogP contribution < -0.4 is 0 Å². The van der Waals surface area contributed by atoms with Crippen molar-refractivity contribution in [2.45, 2.75) is 24.3 Å². The van der Waals surface area contributed by atoms with E-state index in [1.54, 1.807) is 19.1 Å². The summed E-state index contributed by atoms with van der Waals surface area (Å²) < 4.78 is 27.3. The molecule has 100 valence electrons. The van der Waals surface area contributed by atoms with Gasteiger partial charge < -0.3 is 5.11 Å². The molecule has 0 atom stereocenters. The summed E-state index contributed by atoms with van der Waals surface area (Å²) in [7, 11) is -3.55. The van der Waals surface area contributed by atoms with E-state index in [1.807, 2.05) is 6.92 Å². The van der Waals surface area contributed by atoms with Crippen LogP contribution in [0.15, 0.2) is 26.0 Å². The molecular weight excluding hydrogens is 386 g/mol. The fourth-order valence-electron chi connectivity index (χ4n) is 1.85. The van der Waals surface area contributed by atoms with Gasteiger partial charge in [-0.25, -0.2) is 8.42 Å². The van der Waals surface area contributed by atoms with Crippen molar-refractivity contribution in [2.24, 2.45) is 0 Å². The Bertz CT molecular complexity index is 591. The Morgan fingerprint density at radius 2 is 1.83 bits per heavy atom. The van der Waals surface area contributed by atoms with Crippen LogP contribution in [0.25, 0.3) is 0 Å². The largest absolute Gasteiger partial charge is 0.387 e. The highest BCUT2D eigenvalue weighted by atomic mass is 79.9. The number of benzene rings is 1. The minimum atomic E-state index is -3.55. The molecule has 0 radical (unpaired) electrons. The number of nitrogens with zero attached hydrogens (tertiary/aromatic N) is 1. The molecule has 0 saturated carbocycles. The molecule has 1 aromatic carbocycles. The van der Waals surface area contributed by atoms with Gasteiger partial charge in [0, 0.05) is 22.0 Å². The Hall–Kier alpha value is 0.0500. The summed E-state index contributed by atoms with van der Waals surface area (Å²) in [5, 5.41) is 9.63. The maximum atomic E-state index is 12.4. The lowest BCUT2D eigenvalue weighted by Crippen LogP contribution is -2.61. The zero-order valence-corrected chi connectivity index (χ0v) is 13.9. The van der Waals surface area contributed by atoms with Crippen LogP contribution in [0.1, 0.15) is 12.5 Å². The van der Waals surface area contributed by atoms with Gasteiger partial charge in [-0.2, -0.15) is 4.31 Å². The SMILES string of the molecule is Cc1cc(Br)c(S(=O)(=O)N2CC(C)(O)C2)cc1Br. The molecule has 1 heterocycles. The zero-order chi connectivity index (χ0) is 13.7. The van der Waals surface area contributed by atoms with Crippen LogP contribution in [-0.2, 0) is 10.0 Å². The maximum Gasteiger partial charge on any atom is 0.244 e. The molecule has 4 nitrogen and oxygen atoms in total. The summed E-state index contributed by atoms with van der Waals surface area (Å²) in [5.74, 6) is 0. The van der Waals surface area contributed by atoms with Crippen LogP contribution in [-0.4, -0.2) is 36.5 Å². The molecule has 1 aliphatic rings. The number of hydrogen-bond acceptors (Lipinski definition) is 3. The minimum absolute atomic E-state index is 0.132. The Morgan fingerprint density at radius 1 is 1.28 bits per heavy atom. The predicted molar refractivity (Wildman–Crippen MR) is 76.0 cm³/mol. The number of aliphatic hydroxyl groups is 1. The molecule has 0 amide bonds. The van der Waals surface area contributed by atoms with Crippen LogP contribution in [0.4, 0.5) is 0 Å². The third-order valence-electron chi connectivity index (χ3n) is 2.86. The number of hydrogen-bond donors (Lipinski definition) is 1. The molecule has 1 saturated heterocycles. The van der Waals surface area contributed by atoms with Gasteiger partial charge >= 0.3 is 0 Å². The van der Waals surface area contributed by atoms with Gasteiger partial charge in [0.15, 0.2) is 0 Å². The highest BCUT2D eigenvalue weighted by Crippen LogP contribution is 2.34. The van der Waals surface area contributed by atoms with E-state index in [4.69, 9.17) is 0 Å². The first-order valence-electron chi connectivity index (χ1n) is 5.32. The van der Waals surface area contributed by atoms with Gasteiger partial charge in [0.1, 0.15) is 0 Å². The smallest absolute Gasteiger partial charge is 0.244 e. The summed E-state index contributed by atoms with van der Waals surface area (Å²) in [5.41, 5.74) is 0.0398. The van der Waals surface area contributed by atoms with E-state index >= 15 is 0 Å². The summed E-state index contributed by atoms with van der Waals surface area (Å²) >= 11 is 6.61. The van der Waals surface area contributed by atoms with Crippen molar-refractivity contribution in [1.29, 1.82) is 0 Å². The molecule has 0 aliphatic carbocycles. The molecule has 0 unspecified atom stereocenters. The second-order valence-corrected chi connectivity index (χ2v) is 8.42. The zero-order valence-electron chi connectivity index (χ0n) is 9.94. The number of rotatable bonds is 2. The normalized spacial score (nSPS) is 19.6. The average Bonchev–Trinajstić information content (AvgIpc) is 2.19. The van der Waals surface area contributed by atoms with E-state index in [-0.39, 0.29) is 18.0 Å². The summed E-state index contributed by atoms with van der Waals surface area (Å²) in [6.07, 6.45) is 0. The van der Waals surface area contributed by atoms with Crippen LogP contribution in [0.3, 0.4) is 0 Å². The molecule has 0 bridgehead atoms. The standard InChI is InChI=1S/C11H13Br2NO3S/c1-7-3-9(13)10(4-8(7)12)18(16,17)14-5-11(2,15)6-14/h3-4,15H,5-6H2,1-2H3. The third-order valence-corrected chi connectivity index (χ3v) is 6.47. The van der Waals surface area contributed by atoms with Gasteiger partial charge in [-0.15, -0.1) is 0 Å². The monoisotopic (exact) mass is 397 g/mol. The van der Waals surface area contributed by atoms with Crippen molar-refractivity contribution in [3.05, 3.63) is 26.6 Å². The quantitative estimate of drug-likeness (QED) is 0.831. The Balaban J connectivity index is 2.40. The second kappa shape index (κ2) is 4.56. The first-order valence-corrected chi connectivity index (χ1v) is 8.34. The molecule has 1 aromatic rings. The van der Waals surface area contributed by atoms with Crippen LogP contribution in [0.2, 0.25) is 0 Å². The van der Waals surface area contributed by atoms with Gasteiger partial charge in [0.25, 0.3) is 0 Å². The minimum Gasteiger partial charge on any atom is -0.387 e. The molecule has 2 rings (SSSR count). The molecule has 1 aliphatic heterocycles. The Kier molecular flexibility index (Phi) is 3.66. The molecule has 1 N–H and O–H groups in total. The second-order valence-electron chi connectivity index (χ2n) is 4.80. The van der Waals surface area contributed by atoms with Crippen molar-refractivity contribution in [1.82, 2.24) is 4.31 Å². The summed E-state index contributed by atoms with van der Waals surface area (Å²) in [6, 6.07) is 3.34. The number of aryl methyl sites for hydroxylation is 1. The average molecular weight is 399 g/mol. The van der Waals surface area contributed by atoms with Crippen molar-refractivity contribution in [2.75, 3.05) is 13.1 Å². The van der Waals surface area contributed by atoms with Crippen molar-refractivity contribution in [3.63, 3.8) is 0 Å². The molecule has 18 heavy (non-hydrogen) atoms. The first-order chi connectivity index (χ1) is 8.13. The highest BCUT2D eigenvalue weighted by molar-refractivity contribution is 9.11. The van der Waals surface area contributed by atoms with Crippen molar-refractivity contribution >= 4 is 41.9 Å². The van der Waals surface area contributed by atoms with Crippen molar-refractivity contribution < 1.29 is 13.5 Å². The van der Waals surface area contributed by atoms with E-state index in [0.29, 0.717) is 4.47 Å². The number of sulfonamides is 1. The van der Waals surface area contributed by atoms with E-state index in [0.717, 1.165) is 10.0 Å². The fourth-order valence-corrected chi connectivity index (χ4v) is 5.16. The molecule has 7 heteroatoms. The van der Waals surface area contributed by atoms with Crippen molar-refractivity contribution in [3.8, 4) is 0 Å². The highest BCUT2D eigenvalue weighted by Gasteiger charge is 2.44. The Labute approximate surface area is 123 Å². The lowest BCUT2D eigenvalue weighted by atomic mass is 10.0. The van der Waals surface area contributed by atoms with E-state index in [1.165, 1.54) is 4.31 Å². The number of β-amino-alcohol motifs (C(OH)–C–C–N with tert-alkyl or cyclic N) is 1. The van der Waals surface area contributed by atoms with Crippen LogP contribution in [0.5, 0.6) is 0 Å². The van der Waals surface area contributed by atoms with Gasteiger partial charge in [-0.05, 0) is 47.5 Å². The van der Waals surface area contributed by atoms with E-state index < -0.39 is 15.6 Å². The van der Waals surface area contributed by atoms with Crippen LogP contribution in [0, 0.1) is 6.92 Å². The van der Waals surface area contributed by atoms with Gasteiger partial charge in [-0.3, -0.25) is 0 Å². The van der Waals surface area contributed by atoms with Gasteiger partial charge in [0.05, 0.1) is 10.5 Å². The van der Waals surface area contributed by atoms with Gasteiger partial charge in [-0.1, -0.05) is 15.9 Å². The fraction of sp³-hybridized carbons (Fsp3) is 0.455. The lowest BCUT2D eigenvalue weighted by Gasteiger charge is -2.43. The molecule has 0 aromatic heterocycles. The topological polar surface area (TPSA) is 57.6 Å². The van der Waals surface area contributed by atoms with Gasteiger partial charge in [0.2, 0.25) is 10.0 Å². The molecule has 1 fully saturated rings. The lowest BCUT2D eigenvalue weighted by molar-refractivity contribution is -0.0426. The predicted octanol–water partition coefficient (Wildman–Crippen LogP) is 2.28. The van der Waals surface area contributed by atoms with E-state index in [9.17, 15) is 13.5 Å². The maximum absolute atomic E-state index is 12.4. The first kappa shape index (κ1) is 14.5.